The van der Waals surface area contributed by atoms with Crippen molar-refractivity contribution in [2.24, 2.45) is 0 Å². The molecule has 2 aliphatic rings. The number of carbonyl (C=O) groups is 2. The van der Waals surface area contributed by atoms with Crippen molar-refractivity contribution < 1.29 is 9.59 Å². The number of para-hydroxylation sites is 2. The van der Waals surface area contributed by atoms with Gasteiger partial charge in [-0.15, -0.1) is 0 Å². The van der Waals surface area contributed by atoms with Crippen LogP contribution in [0.15, 0.2) is 72.8 Å². The number of aryl methyl sites for hydroxylation is 1. The molecule has 2 amide bonds. The third kappa shape index (κ3) is 3.73. The van der Waals surface area contributed by atoms with Crippen LogP contribution < -0.4 is 10.2 Å². The van der Waals surface area contributed by atoms with Crippen LogP contribution >= 0.6 is 11.6 Å². The zero-order valence-corrected chi connectivity index (χ0v) is 20.8. The minimum Gasteiger partial charge on any atom is -0.352 e. The van der Waals surface area contributed by atoms with E-state index in [1.165, 1.54) is 10.9 Å². The molecule has 0 saturated heterocycles. The highest BCUT2D eigenvalue weighted by atomic mass is 35.5. The number of benzene rings is 3. The molecule has 1 atom stereocenters. The van der Waals surface area contributed by atoms with E-state index in [9.17, 15) is 9.59 Å². The molecule has 6 rings (SSSR count). The molecular weight excluding hydrogens is 472 g/mol. The number of nitrogens with one attached hydrogen (secondary N) is 1. The Morgan fingerprint density at radius 3 is 2.61 bits per heavy atom. The molecule has 1 N–H and O–H groups in total. The second kappa shape index (κ2) is 9.03. The van der Waals surface area contributed by atoms with Gasteiger partial charge in [-0.05, 0) is 47.9 Å². The molecule has 0 saturated carbocycles. The monoisotopic (exact) mass is 498 g/mol. The highest BCUT2D eigenvalue weighted by molar-refractivity contribution is 6.30. The number of carbonyl (C=O) groups excluding carboxylic acids is 2. The number of nitrogens with zero attached hydrogens (tertiary/aromatic N) is 3. The summed E-state index contributed by atoms with van der Waals surface area (Å²) in [4.78, 5) is 30.4. The summed E-state index contributed by atoms with van der Waals surface area (Å²) in [5, 5.41) is 4.90. The van der Waals surface area contributed by atoms with Crippen LogP contribution in [0.1, 0.15) is 39.8 Å². The lowest BCUT2D eigenvalue weighted by molar-refractivity contribution is -0.121. The lowest BCUT2D eigenvalue weighted by Crippen LogP contribution is -2.51. The second-order valence-electron chi connectivity index (χ2n) is 9.44. The maximum atomic E-state index is 13.5. The van der Waals surface area contributed by atoms with Crippen molar-refractivity contribution in [3.05, 3.63) is 100 Å². The van der Waals surface area contributed by atoms with E-state index >= 15 is 0 Å². The van der Waals surface area contributed by atoms with E-state index < -0.39 is 0 Å². The number of anilines is 1. The predicted molar refractivity (Wildman–Crippen MR) is 142 cm³/mol. The Bertz CT molecular complexity index is 1480. The molecule has 2 aliphatic heterocycles. The van der Waals surface area contributed by atoms with Gasteiger partial charge in [-0.2, -0.15) is 0 Å². The summed E-state index contributed by atoms with van der Waals surface area (Å²) in [6, 6.07) is 23.7. The van der Waals surface area contributed by atoms with Crippen molar-refractivity contribution in [2.75, 3.05) is 18.5 Å². The number of hydrogen-bond donors (Lipinski definition) is 1. The summed E-state index contributed by atoms with van der Waals surface area (Å²) in [5.74, 6) is 0.0550. The van der Waals surface area contributed by atoms with Crippen LogP contribution in [0.25, 0.3) is 10.9 Å². The van der Waals surface area contributed by atoms with Crippen LogP contribution in [0.3, 0.4) is 0 Å². The topological polar surface area (TPSA) is 57.6 Å². The normalized spacial score (nSPS) is 16.5. The number of halogens is 1. The van der Waals surface area contributed by atoms with Crippen LogP contribution in [0.2, 0.25) is 5.02 Å². The average Bonchev–Trinajstić information content (AvgIpc) is 3.23. The van der Waals surface area contributed by atoms with Crippen molar-refractivity contribution in [3.8, 4) is 0 Å². The van der Waals surface area contributed by atoms with Gasteiger partial charge in [0, 0.05) is 49.0 Å². The smallest absolute Gasteiger partial charge is 0.257 e. The number of rotatable bonds is 5. The van der Waals surface area contributed by atoms with Crippen LogP contribution in [-0.2, 0) is 24.3 Å². The van der Waals surface area contributed by atoms with Crippen LogP contribution in [-0.4, -0.2) is 34.9 Å². The fourth-order valence-corrected chi connectivity index (χ4v) is 5.78. The van der Waals surface area contributed by atoms with Crippen LogP contribution in [0, 0.1) is 0 Å². The number of fused-ring (bicyclic) bond motifs is 6. The van der Waals surface area contributed by atoms with Gasteiger partial charge in [-0.25, -0.2) is 0 Å². The largest absolute Gasteiger partial charge is 0.352 e. The molecule has 0 bridgehead atoms. The van der Waals surface area contributed by atoms with Gasteiger partial charge in [-0.3, -0.25) is 9.59 Å². The first kappa shape index (κ1) is 22.7. The first-order chi connectivity index (χ1) is 17.5. The lowest BCUT2D eigenvalue weighted by Gasteiger charge is -2.46. The summed E-state index contributed by atoms with van der Waals surface area (Å²) in [6.45, 7) is 1.67. The highest BCUT2D eigenvalue weighted by Crippen LogP contribution is 2.44. The van der Waals surface area contributed by atoms with Crippen molar-refractivity contribution in [1.82, 2.24) is 14.8 Å². The molecule has 3 aromatic carbocycles. The fourth-order valence-electron chi connectivity index (χ4n) is 5.65. The first-order valence-electron chi connectivity index (χ1n) is 12.3. The van der Waals surface area contributed by atoms with E-state index in [1.807, 2.05) is 59.5 Å². The van der Waals surface area contributed by atoms with Crippen molar-refractivity contribution in [1.29, 1.82) is 0 Å². The molecule has 4 aromatic rings. The Hall–Kier alpha value is -3.77. The zero-order valence-electron chi connectivity index (χ0n) is 20.1. The first-order valence-corrected chi connectivity index (χ1v) is 12.6. The predicted octanol–water partition coefficient (Wildman–Crippen LogP) is 5.15. The van der Waals surface area contributed by atoms with E-state index in [0.29, 0.717) is 31.1 Å². The molecular formula is C29H27ClN4O2. The summed E-state index contributed by atoms with van der Waals surface area (Å²) in [6.07, 6.45) is 0.935. The fraction of sp³-hybridized carbons (Fsp3) is 0.241. The lowest BCUT2D eigenvalue weighted by atomic mass is 9.96. The Labute approximate surface area is 215 Å². The van der Waals surface area contributed by atoms with E-state index in [4.69, 9.17) is 11.6 Å². The van der Waals surface area contributed by atoms with Crippen molar-refractivity contribution in [2.45, 2.75) is 32.1 Å². The van der Waals surface area contributed by atoms with Gasteiger partial charge in [0.25, 0.3) is 5.91 Å². The number of amides is 2. The van der Waals surface area contributed by atoms with Gasteiger partial charge in [0.05, 0.1) is 16.9 Å². The van der Waals surface area contributed by atoms with E-state index in [2.05, 4.69) is 40.0 Å². The molecule has 36 heavy (non-hydrogen) atoms. The van der Waals surface area contributed by atoms with Gasteiger partial charge < -0.3 is 19.7 Å². The average molecular weight is 499 g/mol. The summed E-state index contributed by atoms with van der Waals surface area (Å²) in [5.41, 5.74) is 6.17. The highest BCUT2D eigenvalue weighted by Gasteiger charge is 2.42. The molecule has 0 radical (unpaired) electrons. The number of aromatic nitrogens is 1. The molecule has 7 heteroatoms. The van der Waals surface area contributed by atoms with Crippen molar-refractivity contribution in [3.63, 3.8) is 0 Å². The zero-order chi connectivity index (χ0) is 24.8. The summed E-state index contributed by atoms with van der Waals surface area (Å²) >= 11 is 5.96. The Balaban J connectivity index is 1.32. The third-order valence-electron chi connectivity index (χ3n) is 7.37. The van der Waals surface area contributed by atoms with Gasteiger partial charge >= 0.3 is 0 Å². The van der Waals surface area contributed by atoms with E-state index in [1.54, 1.807) is 0 Å². The molecule has 1 aromatic heterocycles. The molecule has 0 aliphatic carbocycles. The van der Waals surface area contributed by atoms with Gasteiger partial charge in [0.1, 0.15) is 6.17 Å². The SMILES string of the molecule is CN1c2ccccc2C(=O)N2CCc3c(n(CCC(=O)NCc4ccc(Cl)cc4)c4ccccc34)[C@@H]21. The minimum absolute atomic E-state index is 0.0115. The van der Waals surface area contributed by atoms with E-state index in [-0.39, 0.29) is 18.0 Å². The van der Waals surface area contributed by atoms with E-state index in [0.717, 1.165) is 34.4 Å². The maximum absolute atomic E-state index is 13.5. The Kier molecular flexibility index (Phi) is 5.69. The molecule has 0 spiro atoms. The number of hydrogen-bond acceptors (Lipinski definition) is 3. The third-order valence-corrected chi connectivity index (χ3v) is 7.62. The summed E-state index contributed by atoms with van der Waals surface area (Å²) in [7, 11) is 2.05. The quantitative estimate of drug-likeness (QED) is 0.414. The molecule has 0 fully saturated rings. The van der Waals surface area contributed by atoms with Crippen LogP contribution in [0.4, 0.5) is 5.69 Å². The maximum Gasteiger partial charge on any atom is 0.257 e. The minimum atomic E-state index is -0.208. The van der Waals surface area contributed by atoms with Gasteiger partial charge in [-0.1, -0.05) is 54.1 Å². The van der Waals surface area contributed by atoms with Crippen molar-refractivity contribution >= 4 is 40.0 Å². The molecule has 3 heterocycles. The Morgan fingerprint density at radius 1 is 1.03 bits per heavy atom. The Morgan fingerprint density at radius 2 is 1.78 bits per heavy atom. The molecule has 6 nitrogen and oxygen atoms in total. The standard InChI is InChI=1S/C29H27ClN4O2/c1-32-24-8-4-3-7-23(24)29(36)34-16-14-22-21-6-2-5-9-25(21)33(27(22)28(32)34)17-15-26(35)31-18-19-10-12-20(30)13-11-19/h2-13,28H,14-18H2,1H3,(H,31,35)/t28-/m1/s1. The van der Waals surface area contributed by atoms with Crippen LogP contribution in [0.5, 0.6) is 0 Å². The van der Waals surface area contributed by atoms with Gasteiger partial charge in [0.2, 0.25) is 5.91 Å². The van der Waals surface area contributed by atoms with Gasteiger partial charge in [0.15, 0.2) is 0 Å². The summed E-state index contributed by atoms with van der Waals surface area (Å²) < 4.78 is 2.25. The molecule has 0 unspecified atom stereocenters. The second-order valence-corrected chi connectivity index (χ2v) is 9.87. The molecule has 182 valence electrons.